The standard InChI is InChI=1S/C14H14BrNO/c1-2-11-5-7-12(8-6-11)10-17-13-4-3-9-16-14(13)15/h3-9H,2,10H2,1H3. The molecule has 0 bridgehead atoms. The van der Waals surface area contributed by atoms with Gasteiger partial charge >= 0.3 is 0 Å². The first kappa shape index (κ1) is 12.1. The topological polar surface area (TPSA) is 22.1 Å². The Morgan fingerprint density at radius 1 is 1.12 bits per heavy atom. The van der Waals surface area contributed by atoms with Crippen LogP contribution in [0, 0.1) is 0 Å². The quantitative estimate of drug-likeness (QED) is 0.795. The summed E-state index contributed by atoms with van der Waals surface area (Å²) in [7, 11) is 0. The van der Waals surface area contributed by atoms with Crippen LogP contribution < -0.4 is 4.74 Å². The van der Waals surface area contributed by atoms with E-state index < -0.39 is 0 Å². The van der Waals surface area contributed by atoms with Crippen molar-refractivity contribution in [2.45, 2.75) is 20.0 Å². The van der Waals surface area contributed by atoms with Crippen LogP contribution in [0.15, 0.2) is 47.2 Å². The molecule has 0 fully saturated rings. The van der Waals surface area contributed by atoms with Gasteiger partial charge in [0.05, 0.1) is 0 Å². The van der Waals surface area contributed by atoms with Crippen LogP contribution in [0.25, 0.3) is 0 Å². The van der Waals surface area contributed by atoms with Crippen LogP contribution in [0.4, 0.5) is 0 Å². The molecule has 0 spiro atoms. The Labute approximate surface area is 110 Å². The fourth-order valence-electron chi connectivity index (χ4n) is 1.51. The molecule has 1 heterocycles. The van der Waals surface area contributed by atoms with E-state index in [9.17, 15) is 0 Å². The Bertz CT molecular complexity index is 482. The predicted octanol–water partition coefficient (Wildman–Crippen LogP) is 3.99. The van der Waals surface area contributed by atoms with Crippen LogP contribution in [-0.4, -0.2) is 4.98 Å². The van der Waals surface area contributed by atoms with Crippen LogP contribution in [0.3, 0.4) is 0 Å². The molecule has 0 saturated heterocycles. The van der Waals surface area contributed by atoms with Crippen molar-refractivity contribution in [3.05, 3.63) is 58.3 Å². The molecule has 1 aromatic heterocycles. The summed E-state index contributed by atoms with van der Waals surface area (Å²) in [5, 5.41) is 0. The van der Waals surface area contributed by atoms with E-state index in [0.717, 1.165) is 22.3 Å². The third-order valence-electron chi connectivity index (χ3n) is 2.55. The molecular formula is C14H14BrNO. The summed E-state index contributed by atoms with van der Waals surface area (Å²) in [6.07, 6.45) is 2.79. The Morgan fingerprint density at radius 2 is 1.82 bits per heavy atom. The van der Waals surface area contributed by atoms with Crippen LogP contribution >= 0.6 is 15.9 Å². The molecule has 17 heavy (non-hydrogen) atoms. The molecule has 2 nitrogen and oxygen atoms in total. The van der Waals surface area contributed by atoms with Gasteiger partial charge in [-0.15, -0.1) is 0 Å². The number of pyridine rings is 1. The summed E-state index contributed by atoms with van der Waals surface area (Å²) in [6, 6.07) is 12.2. The first-order valence-electron chi connectivity index (χ1n) is 5.60. The Balaban J connectivity index is 2.00. The highest BCUT2D eigenvalue weighted by atomic mass is 79.9. The number of aromatic nitrogens is 1. The number of rotatable bonds is 4. The van der Waals surface area contributed by atoms with Gasteiger partial charge in [0, 0.05) is 6.20 Å². The summed E-state index contributed by atoms with van der Waals surface area (Å²) < 4.78 is 6.43. The number of halogens is 1. The summed E-state index contributed by atoms with van der Waals surface area (Å²) in [5.41, 5.74) is 2.51. The molecule has 1 aromatic carbocycles. The highest BCUT2D eigenvalue weighted by Crippen LogP contribution is 2.22. The Kier molecular flexibility index (Phi) is 4.15. The summed E-state index contributed by atoms with van der Waals surface area (Å²) in [5.74, 6) is 0.770. The maximum Gasteiger partial charge on any atom is 0.152 e. The first-order valence-corrected chi connectivity index (χ1v) is 6.40. The van der Waals surface area contributed by atoms with Crippen LogP contribution in [0.1, 0.15) is 18.1 Å². The zero-order valence-electron chi connectivity index (χ0n) is 9.69. The van der Waals surface area contributed by atoms with Crippen LogP contribution in [0.2, 0.25) is 0 Å². The van der Waals surface area contributed by atoms with E-state index in [-0.39, 0.29) is 0 Å². The molecular weight excluding hydrogens is 278 g/mol. The van der Waals surface area contributed by atoms with E-state index in [4.69, 9.17) is 4.74 Å². The smallest absolute Gasteiger partial charge is 0.152 e. The monoisotopic (exact) mass is 291 g/mol. The molecule has 0 aliphatic carbocycles. The molecule has 88 valence electrons. The van der Waals surface area contributed by atoms with E-state index in [2.05, 4.69) is 52.1 Å². The number of nitrogens with zero attached hydrogens (tertiary/aromatic N) is 1. The van der Waals surface area contributed by atoms with Gasteiger partial charge in [0.25, 0.3) is 0 Å². The lowest BCUT2D eigenvalue weighted by atomic mass is 10.1. The van der Waals surface area contributed by atoms with E-state index in [1.54, 1.807) is 6.20 Å². The molecule has 0 N–H and O–H groups in total. The average Bonchev–Trinajstić information content (AvgIpc) is 2.38. The maximum atomic E-state index is 5.69. The minimum atomic E-state index is 0.564. The van der Waals surface area contributed by atoms with E-state index >= 15 is 0 Å². The molecule has 2 aromatic rings. The minimum absolute atomic E-state index is 0.564. The molecule has 0 unspecified atom stereocenters. The Hall–Kier alpha value is -1.35. The minimum Gasteiger partial charge on any atom is -0.486 e. The lowest BCUT2D eigenvalue weighted by Gasteiger charge is -2.07. The third kappa shape index (κ3) is 3.30. The number of benzene rings is 1. The number of ether oxygens (including phenoxy) is 1. The van der Waals surface area contributed by atoms with Crippen molar-refractivity contribution < 1.29 is 4.74 Å². The number of hydrogen-bond donors (Lipinski definition) is 0. The highest BCUT2D eigenvalue weighted by Gasteiger charge is 2.01. The lowest BCUT2D eigenvalue weighted by molar-refractivity contribution is 0.302. The zero-order valence-corrected chi connectivity index (χ0v) is 11.3. The van der Waals surface area contributed by atoms with Gasteiger partial charge in [0.15, 0.2) is 5.75 Å². The van der Waals surface area contributed by atoms with Gasteiger partial charge in [-0.2, -0.15) is 0 Å². The average molecular weight is 292 g/mol. The summed E-state index contributed by atoms with van der Waals surface area (Å²) in [4.78, 5) is 4.11. The molecule has 3 heteroatoms. The molecule has 0 saturated carbocycles. The second-order valence-corrected chi connectivity index (χ2v) is 4.50. The van der Waals surface area contributed by atoms with Gasteiger partial charge in [-0.3, -0.25) is 0 Å². The van der Waals surface area contributed by atoms with Crippen LogP contribution in [0.5, 0.6) is 5.75 Å². The highest BCUT2D eigenvalue weighted by molar-refractivity contribution is 9.10. The molecule has 0 aliphatic rings. The Morgan fingerprint density at radius 3 is 2.47 bits per heavy atom. The fraction of sp³-hybridized carbons (Fsp3) is 0.214. The van der Waals surface area contributed by atoms with Gasteiger partial charge in [0.1, 0.15) is 11.2 Å². The van der Waals surface area contributed by atoms with E-state index in [1.165, 1.54) is 5.56 Å². The first-order chi connectivity index (χ1) is 8.29. The zero-order chi connectivity index (χ0) is 12.1. The van der Waals surface area contributed by atoms with Crippen molar-refractivity contribution in [3.63, 3.8) is 0 Å². The second-order valence-electron chi connectivity index (χ2n) is 3.75. The van der Waals surface area contributed by atoms with Crippen molar-refractivity contribution >= 4 is 15.9 Å². The molecule has 0 radical (unpaired) electrons. The van der Waals surface area contributed by atoms with Crippen molar-refractivity contribution in [2.24, 2.45) is 0 Å². The summed E-state index contributed by atoms with van der Waals surface area (Å²) >= 11 is 3.36. The van der Waals surface area contributed by atoms with Gasteiger partial charge in [-0.05, 0) is 45.6 Å². The van der Waals surface area contributed by atoms with Crippen molar-refractivity contribution in [1.82, 2.24) is 4.98 Å². The van der Waals surface area contributed by atoms with Gasteiger partial charge in [-0.1, -0.05) is 31.2 Å². The van der Waals surface area contributed by atoms with Crippen molar-refractivity contribution in [3.8, 4) is 5.75 Å². The molecule has 0 atom stereocenters. The number of aryl methyl sites for hydroxylation is 1. The van der Waals surface area contributed by atoms with Gasteiger partial charge in [0.2, 0.25) is 0 Å². The maximum absolute atomic E-state index is 5.69. The van der Waals surface area contributed by atoms with Gasteiger partial charge in [-0.25, -0.2) is 4.98 Å². The van der Waals surface area contributed by atoms with E-state index in [0.29, 0.717) is 6.61 Å². The molecule has 0 amide bonds. The normalized spacial score (nSPS) is 10.2. The van der Waals surface area contributed by atoms with Crippen LogP contribution in [-0.2, 0) is 13.0 Å². The predicted molar refractivity (Wildman–Crippen MR) is 72.1 cm³/mol. The number of hydrogen-bond acceptors (Lipinski definition) is 2. The largest absolute Gasteiger partial charge is 0.486 e. The van der Waals surface area contributed by atoms with Gasteiger partial charge < -0.3 is 4.74 Å². The molecule has 2 rings (SSSR count). The third-order valence-corrected chi connectivity index (χ3v) is 3.15. The summed E-state index contributed by atoms with van der Waals surface area (Å²) in [6.45, 7) is 2.71. The lowest BCUT2D eigenvalue weighted by Crippen LogP contribution is -1.96. The second kappa shape index (κ2) is 5.82. The molecule has 0 aliphatic heterocycles. The van der Waals surface area contributed by atoms with Crippen molar-refractivity contribution in [1.29, 1.82) is 0 Å². The fourth-order valence-corrected chi connectivity index (χ4v) is 1.88. The van der Waals surface area contributed by atoms with Crippen molar-refractivity contribution in [2.75, 3.05) is 0 Å². The SMILES string of the molecule is CCc1ccc(COc2cccnc2Br)cc1. The van der Waals surface area contributed by atoms with E-state index in [1.807, 2.05) is 12.1 Å².